The summed E-state index contributed by atoms with van der Waals surface area (Å²) in [6, 6.07) is 9.10. The first-order valence-corrected chi connectivity index (χ1v) is 4.63. The SMILES string of the molecule is O=c1cc(I)[nH]c2ccccc12. The standard InChI is InChI=1S/C9H6INO/c10-9-5-8(12)6-3-1-2-4-7(6)11-9/h1-5H,(H,11,12). The largest absolute Gasteiger partial charge is 0.350 e. The first-order valence-electron chi connectivity index (χ1n) is 3.55. The van der Waals surface area contributed by atoms with Crippen LogP contribution in [0.1, 0.15) is 0 Å². The van der Waals surface area contributed by atoms with Gasteiger partial charge in [-0.3, -0.25) is 4.79 Å². The zero-order valence-electron chi connectivity index (χ0n) is 6.17. The van der Waals surface area contributed by atoms with Crippen molar-refractivity contribution in [1.82, 2.24) is 4.98 Å². The van der Waals surface area contributed by atoms with Gasteiger partial charge in [0.25, 0.3) is 0 Å². The van der Waals surface area contributed by atoms with E-state index >= 15 is 0 Å². The Kier molecular flexibility index (Phi) is 1.88. The highest BCUT2D eigenvalue weighted by Crippen LogP contribution is 2.07. The highest BCUT2D eigenvalue weighted by atomic mass is 127. The molecule has 2 aromatic rings. The number of aromatic amines is 1. The second-order valence-electron chi connectivity index (χ2n) is 2.53. The molecular formula is C9H6INO. The van der Waals surface area contributed by atoms with Crippen molar-refractivity contribution in [2.24, 2.45) is 0 Å². The fourth-order valence-corrected chi connectivity index (χ4v) is 1.74. The van der Waals surface area contributed by atoms with Gasteiger partial charge in [0.2, 0.25) is 0 Å². The minimum absolute atomic E-state index is 0.0775. The predicted octanol–water partition coefficient (Wildman–Crippen LogP) is 2.13. The molecule has 1 N–H and O–H groups in total. The molecule has 1 aromatic heterocycles. The summed E-state index contributed by atoms with van der Waals surface area (Å²) >= 11 is 2.10. The fraction of sp³-hybridized carbons (Fsp3) is 0. The summed E-state index contributed by atoms with van der Waals surface area (Å²) in [7, 11) is 0. The van der Waals surface area contributed by atoms with Crippen molar-refractivity contribution < 1.29 is 0 Å². The van der Waals surface area contributed by atoms with E-state index in [4.69, 9.17) is 0 Å². The van der Waals surface area contributed by atoms with Gasteiger partial charge in [0.05, 0.1) is 9.22 Å². The van der Waals surface area contributed by atoms with E-state index in [1.165, 1.54) is 0 Å². The van der Waals surface area contributed by atoms with Crippen LogP contribution in [0.3, 0.4) is 0 Å². The highest BCUT2D eigenvalue weighted by molar-refractivity contribution is 14.1. The molecule has 1 heterocycles. The van der Waals surface area contributed by atoms with Crippen molar-refractivity contribution in [2.45, 2.75) is 0 Å². The van der Waals surface area contributed by atoms with E-state index in [9.17, 15) is 4.79 Å². The van der Waals surface area contributed by atoms with Gasteiger partial charge in [-0.1, -0.05) is 12.1 Å². The molecule has 60 valence electrons. The number of halogens is 1. The lowest BCUT2D eigenvalue weighted by atomic mass is 10.2. The van der Waals surface area contributed by atoms with Crippen LogP contribution in [-0.4, -0.2) is 4.98 Å². The summed E-state index contributed by atoms with van der Waals surface area (Å²) in [4.78, 5) is 14.5. The van der Waals surface area contributed by atoms with E-state index in [1.54, 1.807) is 6.07 Å². The minimum atomic E-state index is 0.0775. The number of rotatable bonds is 0. The molecule has 3 heteroatoms. The average molecular weight is 271 g/mol. The Hall–Kier alpha value is -0.840. The Morgan fingerprint density at radius 3 is 2.83 bits per heavy atom. The Morgan fingerprint density at radius 1 is 1.25 bits per heavy atom. The maximum Gasteiger partial charge on any atom is 0.190 e. The minimum Gasteiger partial charge on any atom is -0.350 e. The molecule has 0 bridgehead atoms. The Bertz CT molecular complexity index is 475. The van der Waals surface area contributed by atoms with E-state index in [0.29, 0.717) is 0 Å². The molecular weight excluding hydrogens is 265 g/mol. The number of H-pyrrole nitrogens is 1. The topological polar surface area (TPSA) is 32.9 Å². The van der Waals surface area contributed by atoms with Crippen molar-refractivity contribution in [3.8, 4) is 0 Å². The second-order valence-corrected chi connectivity index (χ2v) is 3.69. The molecule has 2 rings (SSSR count). The molecule has 0 radical (unpaired) electrons. The van der Waals surface area contributed by atoms with E-state index < -0.39 is 0 Å². The summed E-state index contributed by atoms with van der Waals surface area (Å²) in [5.74, 6) is 0. The fourth-order valence-electron chi connectivity index (χ4n) is 1.16. The number of nitrogens with one attached hydrogen (secondary N) is 1. The maximum atomic E-state index is 11.4. The molecule has 0 aliphatic heterocycles. The van der Waals surface area contributed by atoms with Crippen LogP contribution < -0.4 is 5.43 Å². The highest BCUT2D eigenvalue weighted by Gasteiger charge is 1.97. The van der Waals surface area contributed by atoms with Gasteiger partial charge in [-0.15, -0.1) is 0 Å². The van der Waals surface area contributed by atoms with Crippen LogP contribution in [0.4, 0.5) is 0 Å². The lowest BCUT2D eigenvalue weighted by Crippen LogP contribution is -2.02. The normalized spacial score (nSPS) is 10.4. The van der Waals surface area contributed by atoms with Crippen LogP contribution in [0.5, 0.6) is 0 Å². The van der Waals surface area contributed by atoms with Gasteiger partial charge < -0.3 is 4.98 Å². The zero-order chi connectivity index (χ0) is 8.55. The van der Waals surface area contributed by atoms with E-state index in [1.807, 2.05) is 24.3 Å². The molecule has 0 aliphatic carbocycles. The number of hydrogen-bond acceptors (Lipinski definition) is 1. The molecule has 0 fully saturated rings. The van der Waals surface area contributed by atoms with Gasteiger partial charge >= 0.3 is 0 Å². The molecule has 0 saturated heterocycles. The van der Waals surface area contributed by atoms with Crippen molar-refractivity contribution in [3.05, 3.63) is 44.3 Å². The number of fused-ring (bicyclic) bond motifs is 1. The monoisotopic (exact) mass is 271 g/mol. The molecule has 2 nitrogen and oxygen atoms in total. The van der Waals surface area contributed by atoms with Gasteiger partial charge in [-0.25, -0.2) is 0 Å². The van der Waals surface area contributed by atoms with Crippen LogP contribution in [0.15, 0.2) is 35.1 Å². The summed E-state index contributed by atoms with van der Waals surface area (Å²) in [6.45, 7) is 0. The third kappa shape index (κ3) is 1.24. The van der Waals surface area contributed by atoms with Crippen molar-refractivity contribution in [2.75, 3.05) is 0 Å². The molecule has 1 aromatic carbocycles. The lowest BCUT2D eigenvalue weighted by Gasteiger charge is -1.96. The predicted molar refractivity (Wildman–Crippen MR) is 57.3 cm³/mol. The third-order valence-corrected chi connectivity index (χ3v) is 2.29. The molecule has 0 spiro atoms. The summed E-state index contributed by atoms with van der Waals surface area (Å²) in [6.07, 6.45) is 0. The molecule has 0 atom stereocenters. The third-order valence-electron chi connectivity index (χ3n) is 1.70. The smallest absolute Gasteiger partial charge is 0.190 e. The number of pyridine rings is 1. The van der Waals surface area contributed by atoms with Crippen LogP contribution in [0.25, 0.3) is 10.9 Å². The van der Waals surface area contributed by atoms with Crippen molar-refractivity contribution in [3.63, 3.8) is 0 Å². The molecule has 12 heavy (non-hydrogen) atoms. The summed E-state index contributed by atoms with van der Waals surface area (Å²) < 4.78 is 0.872. The second kappa shape index (κ2) is 2.90. The molecule has 0 saturated carbocycles. The van der Waals surface area contributed by atoms with E-state index in [2.05, 4.69) is 27.6 Å². The molecule has 0 amide bonds. The van der Waals surface area contributed by atoms with E-state index in [-0.39, 0.29) is 5.43 Å². The van der Waals surface area contributed by atoms with Gasteiger partial charge in [0, 0.05) is 11.5 Å². The average Bonchev–Trinajstić information content (AvgIpc) is 2.04. The summed E-state index contributed by atoms with van der Waals surface area (Å²) in [5.41, 5.74) is 0.975. The Labute approximate surface area is 82.8 Å². The number of hydrogen-bond donors (Lipinski definition) is 1. The van der Waals surface area contributed by atoms with Crippen LogP contribution in [0.2, 0.25) is 0 Å². The van der Waals surface area contributed by atoms with Crippen molar-refractivity contribution >= 4 is 33.5 Å². The number of para-hydroxylation sites is 1. The van der Waals surface area contributed by atoms with Crippen LogP contribution in [0, 0.1) is 3.70 Å². The first-order chi connectivity index (χ1) is 5.77. The Morgan fingerprint density at radius 2 is 2.00 bits per heavy atom. The maximum absolute atomic E-state index is 11.4. The van der Waals surface area contributed by atoms with Gasteiger partial charge in [-0.05, 0) is 34.7 Å². The van der Waals surface area contributed by atoms with Gasteiger partial charge in [-0.2, -0.15) is 0 Å². The summed E-state index contributed by atoms with van der Waals surface area (Å²) in [5, 5.41) is 0.748. The van der Waals surface area contributed by atoms with Crippen LogP contribution >= 0.6 is 22.6 Å². The zero-order valence-corrected chi connectivity index (χ0v) is 8.33. The number of aromatic nitrogens is 1. The first kappa shape index (κ1) is 7.79. The van der Waals surface area contributed by atoms with Crippen molar-refractivity contribution in [1.29, 1.82) is 0 Å². The molecule has 0 unspecified atom stereocenters. The Balaban J connectivity index is 2.99. The van der Waals surface area contributed by atoms with Gasteiger partial charge in [0.1, 0.15) is 0 Å². The molecule has 0 aliphatic rings. The lowest BCUT2D eigenvalue weighted by molar-refractivity contribution is 1.33. The van der Waals surface area contributed by atoms with Crippen LogP contribution in [-0.2, 0) is 0 Å². The van der Waals surface area contributed by atoms with Gasteiger partial charge in [0.15, 0.2) is 5.43 Å². The van der Waals surface area contributed by atoms with E-state index in [0.717, 1.165) is 14.6 Å². The number of benzene rings is 1. The quantitative estimate of drug-likeness (QED) is 0.578.